The highest BCUT2D eigenvalue weighted by Gasteiger charge is 2.20. The van der Waals surface area contributed by atoms with E-state index in [-0.39, 0.29) is 0 Å². The van der Waals surface area contributed by atoms with Crippen LogP contribution < -0.4 is 0 Å². The molecule has 3 heterocycles. The van der Waals surface area contributed by atoms with E-state index in [9.17, 15) is 0 Å². The zero-order valence-electron chi connectivity index (χ0n) is 29.5. The van der Waals surface area contributed by atoms with E-state index in [4.69, 9.17) is 13.1 Å². The third-order valence-electron chi connectivity index (χ3n) is 11.0. The van der Waals surface area contributed by atoms with Gasteiger partial charge in [-0.1, -0.05) is 97.1 Å². The average Bonchev–Trinajstić information content (AvgIpc) is 3.89. The van der Waals surface area contributed by atoms with E-state index in [0.29, 0.717) is 11.4 Å². The van der Waals surface area contributed by atoms with Crippen molar-refractivity contribution in [2.75, 3.05) is 0 Å². The van der Waals surface area contributed by atoms with Gasteiger partial charge in [-0.3, -0.25) is 0 Å². The molecule has 11 aromatic rings. The Balaban J connectivity index is 1.08. The molecule has 0 saturated carbocycles. The summed E-state index contributed by atoms with van der Waals surface area (Å²) in [6.45, 7) is 15.6. The van der Waals surface area contributed by atoms with Crippen molar-refractivity contribution >= 4 is 76.8 Å². The zero-order chi connectivity index (χ0) is 36.6. The minimum absolute atomic E-state index is 0.570. The van der Waals surface area contributed by atoms with Crippen LogP contribution in [-0.4, -0.2) is 13.7 Å². The van der Waals surface area contributed by atoms with Crippen LogP contribution in [0.4, 0.5) is 11.4 Å². The molecule has 55 heavy (non-hydrogen) atoms. The Bertz CT molecular complexity index is 3400. The molecule has 0 spiro atoms. The normalized spacial score (nSPS) is 11.6. The average molecular weight is 700 g/mol. The van der Waals surface area contributed by atoms with Crippen LogP contribution >= 0.6 is 0 Å². The Kier molecular flexibility index (Phi) is 6.61. The van der Waals surface area contributed by atoms with E-state index in [1.165, 1.54) is 32.6 Å². The summed E-state index contributed by atoms with van der Waals surface area (Å²) in [5.41, 5.74) is 13.0. The SMILES string of the molecule is [C-]#[N+]c1cc(-c2ccc(-n3c4ccccc4c4c(-n5c6ccccc6c6ccccc65)cccc43)cc2)cc(-n2c3ccccc3c3cc([N+]#[C-])ccc32)c1. The lowest BCUT2D eigenvalue weighted by Gasteiger charge is -2.13. The molecule has 0 fully saturated rings. The number of hydrogen-bond acceptors (Lipinski definition) is 0. The van der Waals surface area contributed by atoms with Gasteiger partial charge in [-0.2, -0.15) is 0 Å². The molecule has 0 radical (unpaired) electrons. The van der Waals surface area contributed by atoms with Crippen molar-refractivity contribution in [2.45, 2.75) is 0 Å². The zero-order valence-corrected chi connectivity index (χ0v) is 29.5. The molecule has 0 N–H and O–H groups in total. The predicted molar refractivity (Wildman–Crippen MR) is 227 cm³/mol. The van der Waals surface area contributed by atoms with Crippen LogP contribution in [0.2, 0.25) is 0 Å². The van der Waals surface area contributed by atoms with Gasteiger partial charge >= 0.3 is 0 Å². The van der Waals surface area contributed by atoms with E-state index in [1.54, 1.807) is 0 Å². The van der Waals surface area contributed by atoms with Crippen LogP contribution in [0.5, 0.6) is 0 Å². The Morgan fingerprint density at radius 2 is 0.855 bits per heavy atom. The molecule has 0 aliphatic rings. The van der Waals surface area contributed by atoms with Gasteiger partial charge in [0.05, 0.1) is 51.9 Å². The van der Waals surface area contributed by atoms with Crippen molar-refractivity contribution in [3.63, 3.8) is 0 Å². The van der Waals surface area contributed by atoms with Gasteiger partial charge in [0.15, 0.2) is 11.4 Å². The van der Waals surface area contributed by atoms with Gasteiger partial charge in [0.25, 0.3) is 0 Å². The topological polar surface area (TPSA) is 23.5 Å². The molecule has 0 bridgehead atoms. The van der Waals surface area contributed by atoms with Crippen molar-refractivity contribution in [1.82, 2.24) is 13.7 Å². The van der Waals surface area contributed by atoms with E-state index in [2.05, 4.69) is 157 Å². The maximum Gasteiger partial charge on any atom is 0.189 e. The van der Waals surface area contributed by atoms with Crippen LogP contribution in [0.3, 0.4) is 0 Å². The Hall–Kier alpha value is -7.86. The number of nitrogens with zero attached hydrogens (tertiary/aromatic N) is 5. The van der Waals surface area contributed by atoms with Gasteiger partial charge in [-0.05, 0) is 95.4 Å². The molecule has 3 aromatic heterocycles. The maximum atomic E-state index is 8.02. The molecule has 0 aliphatic carbocycles. The second-order valence-corrected chi connectivity index (χ2v) is 14.0. The summed E-state index contributed by atoms with van der Waals surface area (Å²) < 4.78 is 6.98. The van der Waals surface area contributed by atoms with Gasteiger partial charge in [-0.15, -0.1) is 0 Å². The van der Waals surface area contributed by atoms with Gasteiger partial charge < -0.3 is 13.7 Å². The lowest BCUT2D eigenvalue weighted by Crippen LogP contribution is -1.97. The van der Waals surface area contributed by atoms with Crippen molar-refractivity contribution < 1.29 is 0 Å². The fraction of sp³-hybridized carbons (Fsp3) is 0. The highest BCUT2D eigenvalue weighted by molar-refractivity contribution is 6.16. The number of para-hydroxylation sites is 4. The number of benzene rings is 8. The van der Waals surface area contributed by atoms with Crippen molar-refractivity contribution in [1.29, 1.82) is 0 Å². The number of fused-ring (bicyclic) bond motifs is 9. The number of rotatable bonds is 4. The Morgan fingerprint density at radius 3 is 1.51 bits per heavy atom. The van der Waals surface area contributed by atoms with Gasteiger partial charge in [0, 0.05) is 38.3 Å². The van der Waals surface area contributed by atoms with Crippen molar-refractivity contribution in [3.05, 3.63) is 199 Å². The fourth-order valence-electron chi connectivity index (χ4n) is 8.71. The molecule has 0 atom stereocenters. The first-order valence-corrected chi connectivity index (χ1v) is 18.3. The highest BCUT2D eigenvalue weighted by Crippen LogP contribution is 2.41. The second-order valence-electron chi connectivity index (χ2n) is 14.0. The van der Waals surface area contributed by atoms with Crippen LogP contribution in [0.15, 0.2) is 176 Å². The van der Waals surface area contributed by atoms with E-state index in [1.807, 2.05) is 42.5 Å². The summed E-state index contributed by atoms with van der Waals surface area (Å²) in [5.74, 6) is 0. The fourth-order valence-corrected chi connectivity index (χ4v) is 8.71. The lowest BCUT2D eigenvalue weighted by molar-refractivity contribution is 1.17. The summed E-state index contributed by atoms with van der Waals surface area (Å²) in [5, 5.41) is 6.99. The largest absolute Gasteiger partial charge is 0.311 e. The molecular weight excluding hydrogens is 671 g/mol. The molecule has 0 aliphatic heterocycles. The van der Waals surface area contributed by atoms with Crippen molar-refractivity contribution in [3.8, 4) is 28.2 Å². The monoisotopic (exact) mass is 699 g/mol. The van der Waals surface area contributed by atoms with Crippen LogP contribution in [0.25, 0.3) is 103 Å². The molecule has 8 aromatic carbocycles. The summed E-state index contributed by atoms with van der Waals surface area (Å²) in [6, 6.07) is 61.5. The maximum absolute atomic E-state index is 8.02. The van der Waals surface area contributed by atoms with Gasteiger partial charge in [-0.25, -0.2) is 9.69 Å². The number of aromatic nitrogens is 3. The molecule has 0 unspecified atom stereocenters. The molecule has 11 rings (SSSR count). The first-order valence-electron chi connectivity index (χ1n) is 18.3. The molecular formula is C50H29N5. The smallest absolute Gasteiger partial charge is 0.189 e. The Labute approximate surface area is 316 Å². The first-order chi connectivity index (χ1) is 27.2. The van der Waals surface area contributed by atoms with Crippen LogP contribution in [0.1, 0.15) is 0 Å². The molecule has 0 amide bonds. The Morgan fingerprint density at radius 1 is 0.327 bits per heavy atom. The second kappa shape index (κ2) is 11.8. The third-order valence-corrected chi connectivity index (χ3v) is 11.0. The van der Waals surface area contributed by atoms with Crippen LogP contribution in [-0.2, 0) is 0 Å². The van der Waals surface area contributed by atoms with E-state index < -0.39 is 0 Å². The first kappa shape index (κ1) is 30.7. The highest BCUT2D eigenvalue weighted by atomic mass is 15.0. The van der Waals surface area contributed by atoms with Gasteiger partial charge in [0.1, 0.15) is 0 Å². The van der Waals surface area contributed by atoms with E-state index >= 15 is 0 Å². The minimum atomic E-state index is 0.570. The van der Waals surface area contributed by atoms with Crippen molar-refractivity contribution in [2.24, 2.45) is 0 Å². The minimum Gasteiger partial charge on any atom is -0.311 e. The van der Waals surface area contributed by atoms with Gasteiger partial charge in [0.2, 0.25) is 0 Å². The van der Waals surface area contributed by atoms with E-state index in [0.717, 1.165) is 61.0 Å². The van der Waals surface area contributed by atoms with Crippen LogP contribution in [0, 0.1) is 13.1 Å². The summed E-state index contributed by atoms with van der Waals surface area (Å²) >= 11 is 0. The number of hydrogen-bond donors (Lipinski definition) is 0. The summed E-state index contributed by atoms with van der Waals surface area (Å²) in [4.78, 5) is 7.58. The summed E-state index contributed by atoms with van der Waals surface area (Å²) in [7, 11) is 0. The molecule has 254 valence electrons. The molecule has 0 saturated heterocycles. The summed E-state index contributed by atoms with van der Waals surface area (Å²) in [6.07, 6.45) is 0. The predicted octanol–water partition coefficient (Wildman–Crippen LogP) is 13.7. The molecule has 5 heteroatoms. The lowest BCUT2D eigenvalue weighted by atomic mass is 10.0. The quantitative estimate of drug-likeness (QED) is 0.163. The molecule has 5 nitrogen and oxygen atoms in total. The third kappa shape index (κ3) is 4.51. The standard InChI is InChI=1S/C50H29N5/c1-51-34-24-27-47-42(31-34)40-14-5-7-16-43(40)54(47)37-29-33(28-35(30-37)52-2)32-22-25-36(26-23-32)53-46-19-10-6-15-41(46)50-48(53)20-11-21-49(50)55-44-17-8-3-12-38(44)39-13-4-9-18-45(39)55/h3-31H.